The normalized spacial score (nSPS) is 27.8. The van der Waals surface area contributed by atoms with Crippen LogP contribution in [0.4, 0.5) is 13.2 Å². The fourth-order valence-corrected chi connectivity index (χ4v) is 7.01. The number of fused-ring (bicyclic) bond motifs is 2. The van der Waals surface area contributed by atoms with Crippen molar-refractivity contribution in [3.63, 3.8) is 0 Å². The van der Waals surface area contributed by atoms with Gasteiger partial charge in [-0.25, -0.2) is 0 Å². The van der Waals surface area contributed by atoms with Crippen LogP contribution >= 0.6 is 0 Å². The van der Waals surface area contributed by atoms with E-state index in [1.807, 2.05) is 0 Å². The van der Waals surface area contributed by atoms with Crippen LogP contribution in [0.2, 0.25) is 25.7 Å². The Morgan fingerprint density at radius 1 is 0.909 bits per heavy atom. The van der Waals surface area contributed by atoms with Gasteiger partial charge in [-0.1, -0.05) is 76.2 Å². The molecule has 6 unspecified atom stereocenters. The highest BCUT2D eigenvalue weighted by molar-refractivity contribution is 6.76. The smallest absolute Gasteiger partial charge is 0.404 e. The summed E-state index contributed by atoms with van der Waals surface area (Å²) in [5, 5.41) is 0. The summed E-state index contributed by atoms with van der Waals surface area (Å²) in [6.07, 6.45) is -1.77. The second-order valence-corrected chi connectivity index (χ2v) is 17.4. The second-order valence-electron chi connectivity index (χ2n) is 11.8. The van der Waals surface area contributed by atoms with E-state index in [9.17, 15) is 18.0 Å². The maximum atomic E-state index is 12.6. The predicted molar refractivity (Wildman–Crippen MR) is 143 cm³/mol. The number of hydrogen-bond acceptors (Lipinski definition) is 2. The van der Waals surface area contributed by atoms with Gasteiger partial charge in [0.25, 0.3) is 0 Å². The van der Waals surface area contributed by atoms with E-state index in [1.165, 1.54) is 27.7 Å². The lowest BCUT2D eigenvalue weighted by atomic mass is 9.76. The summed E-state index contributed by atoms with van der Waals surface area (Å²) in [4.78, 5) is 11.4. The van der Waals surface area contributed by atoms with Crippen molar-refractivity contribution in [1.82, 2.24) is 0 Å². The van der Waals surface area contributed by atoms with E-state index in [0.29, 0.717) is 0 Å². The second kappa shape index (κ2) is 13.5. The maximum Gasteiger partial charge on any atom is 0.404 e. The number of hydrogen-bond donors (Lipinski definition) is 0. The highest BCUT2D eigenvalue weighted by Crippen LogP contribution is 2.56. The molecular formula is C27H59F3O2Si. The third-order valence-corrected chi connectivity index (χ3v) is 8.84. The molecule has 2 aliphatic rings. The van der Waals surface area contributed by atoms with Crippen molar-refractivity contribution in [3.8, 4) is 0 Å². The van der Waals surface area contributed by atoms with E-state index in [0.717, 1.165) is 36.5 Å². The molecule has 2 bridgehead atoms. The van der Waals surface area contributed by atoms with Crippen molar-refractivity contribution in [3.05, 3.63) is 0 Å². The van der Waals surface area contributed by atoms with Crippen LogP contribution in [0.1, 0.15) is 97.4 Å². The summed E-state index contributed by atoms with van der Waals surface area (Å²) in [7, 11) is -0.811. The SMILES string of the molecule is C.C.C.C.CC1C2CC(C[Si](C)(C)C)C(C2)C1C.CCC(C)(C(=O)OC(C)(C)C)C(F)(F)F. The zero-order valence-corrected chi connectivity index (χ0v) is 21.2. The number of halogens is 3. The van der Waals surface area contributed by atoms with Crippen molar-refractivity contribution in [2.75, 3.05) is 0 Å². The minimum atomic E-state index is -4.58. The Kier molecular flexibility index (Phi) is 16.3. The van der Waals surface area contributed by atoms with E-state index >= 15 is 0 Å². The average molecular weight is 501 g/mol. The first-order valence-corrected chi connectivity index (χ1v) is 14.8. The molecule has 0 saturated heterocycles. The van der Waals surface area contributed by atoms with Gasteiger partial charge in [-0.3, -0.25) is 4.79 Å². The van der Waals surface area contributed by atoms with Crippen molar-refractivity contribution < 1.29 is 22.7 Å². The minimum absolute atomic E-state index is 0. The van der Waals surface area contributed by atoms with Gasteiger partial charge in [-0.15, -0.1) is 0 Å². The van der Waals surface area contributed by atoms with Gasteiger partial charge in [-0.05, 0) is 76.5 Å². The molecule has 0 amide bonds. The van der Waals surface area contributed by atoms with Crippen LogP contribution in [0.5, 0.6) is 0 Å². The molecule has 6 heteroatoms. The molecule has 2 fully saturated rings. The largest absolute Gasteiger partial charge is 0.459 e. The molecule has 0 spiro atoms. The number of rotatable bonds is 4. The van der Waals surface area contributed by atoms with Gasteiger partial charge in [-0.2, -0.15) is 13.2 Å². The molecule has 2 rings (SSSR count). The lowest BCUT2D eigenvalue weighted by molar-refractivity contribution is -0.236. The number of alkyl halides is 3. The third-order valence-electron chi connectivity index (χ3n) is 7.09. The van der Waals surface area contributed by atoms with Crippen LogP contribution in [-0.4, -0.2) is 25.8 Å². The molecule has 0 radical (unpaired) electrons. The van der Waals surface area contributed by atoms with Crippen LogP contribution in [-0.2, 0) is 9.53 Å². The van der Waals surface area contributed by atoms with Crippen LogP contribution in [0.15, 0.2) is 0 Å². The average Bonchev–Trinajstić information content (AvgIpc) is 3.02. The topological polar surface area (TPSA) is 26.3 Å². The number of carbonyl (C=O) groups is 1. The highest BCUT2D eigenvalue weighted by atomic mass is 28.3. The Bertz CT molecular complexity index is 561. The monoisotopic (exact) mass is 500 g/mol. The number of carbonyl (C=O) groups excluding carboxylic acids is 1. The van der Waals surface area contributed by atoms with E-state index in [4.69, 9.17) is 4.74 Å². The first kappa shape index (κ1) is 39.7. The van der Waals surface area contributed by atoms with Crippen molar-refractivity contribution in [1.29, 1.82) is 0 Å². The molecule has 2 aliphatic carbocycles. The molecule has 0 aromatic rings. The molecular weight excluding hydrogens is 441 g/mol. The van der Waals surface area contributed by atoms with Gasteiger partial charge in [0.2, 0.25) is 0 Å². The molecule has 0 heterocycles. The van der Waals surface area contributed by atoms with Crippen molar-refractivity contribution >= 4 is 14.0 Å². The van der Waals surface area contributed by atoms with Gasteiger partial charge in [0.1, 0.15) is 5.60 Å². The van der Waals surface area contributed by atoms with Crippen LogP contribution in [0, 0.1) is 35.0 Å². The molecule has 0 aromatic carbocycles. The fraction of sp³-hybridized carbons (Fsp3) is 0.963. The Morgan fingerprint density at radius 3 is 1.64 bits per heavy atom. The molecule has 2 nitrogen and oxygen atoms in total. The molecule has 0 aliphatic heterocycles. The summed E-state index contributed by atoms with van der Waals surface area (Å²) < 4.78 is 42.6. The molecule has 0 aromatic heterocycles. The van der Waals surface area contributed by atoms with Crippen LogP contribution < -0.4 is 0 Å². The zero-order valence-electron chi connectivity index (χ0n) is 20.2. The molecule has 2 saturated carbocycles. The van der Waals surface area contributed by atoms with Gasteiger partial charge in [0.15, 0.2) is 5.41 Å². The van der Waals surface area contributed by atoms with E-state index in [-0.39, 0.29) is 36.1 Å². The number of esters is 1. The summed E-state index contributed by atoms with van der Waals surface area (Å²) in [5.74, 6) is 4.13. The minimum Gasteiger partial charge on any atom is -0.459 e. The quantitative estimate of drug-likeness (QED) is 0.283. The van der Waals surface area contributed by atoms with Gasteiger partial charge < -0.3 is 4.74 Å². The van der Waals surface area contributed by atoms with Gasteiger partial charge >= 0.3 is 12.1 Å². The summed E-state index contributed by atoms with van der Waals surface area (Å²) in [5.41, 5.74) is -3.32. The standard InChI is InChI=1S/C13H26Si.C10H17F3O2.4CH4/c1-9-10(2)13-7-11(9)6-12(13)8-14(3,4)5;1-6-9(5,10(11,12)13)7(14)15-8(2,3)4;;;;/h9-13H,6-8H2,1-5H3;6H2,1-5H3;4*1H4. The molecule has 33 heavy (non-hydrogen) atoms. The predicted octanol–water partition coefficient (Wildman–Crippen LogP) is 10.1. The Labute approximate surface area is 206 Å². The van der Waals surface area contributed by atoms with Gasteiger partial charge in [0.05, 0.1) is 0 Å². The van der Waals surface area contributed by atoms with E-state index in [2.05, 4.69) is 33.5 Å². The first-order valence-electron chi connectivity index (χ1n) is 11.1. The van der Waals surface area contributed by atoms with Crippen molar-refractivity contribution in [2.45, 2.75) is 135 Å². The molecule has 0 N–H and O–H groups in total. The third kappa shape index (κ3) is 10.3. The van der Waals surface area contributed by atoms with Crippen LogP contribution in [0.3, 0.4) is 0 Å². The highest BCUT2D eigenvalue weighted by Gasteiger charge is 2.57. The molecule has 204 valence electrons. The van der Waals surface area contributed by atoms with E-state index in [1.54, 1.807) is 18.9 Å². The van der Waals surface area contributed by atoms with Gasteiger partial charge in [0, 0.05) is 8.07 Å². The summed E-state index contributed by atoms with van der Waals surface area (Å²) in [6, 6.07) is 1.59. The Balaban J connectivity index is -0.000000227. The Hall–Kier alpha value is -0.523. The van der Waals surface area contributed by atoms with Crippen molar-refractivity contribution in [2.24, 2.45) is 35.0 Å². The zero-order chi connectivity index (χ0) is 23.0. The van der Waals surface area contributed by atoms with Crippen LogP contribution in [0.25, 0.3) is 0 Å². The number of ether oxygens (including phenoxy) is 1. The maximum absolute atomic E-state index is 12.6. The first-order chi connectivity index (χ1) is 12.8. The fourth-order valence-electron chi connectivity index (χ4n) is 4.97. The molecule has 6 atom stereocenters. The lowest BCUT2D eigenvalue weighted by Gasteiger charge is -2.34. The van der Waals surface area contributed by atoms with E-state index < -0.39 is 31.2 Å². The lowest BCUT2D eigenvalue weighted by Crippen LogP contribution is -2.45. The summed E-state index contributed by atoms with van der Waals surface area (Å²) >= 11 is 0. The summed E-state index contributed by atoms with van der Waals surface area (Å²) in [6.45, 7) is 19.4. The Morgan fingerprint density at radius 2 is 1.36 bits per heavy atom.